The van der Waals surface area contributed by atoms with Gasteiger partial charge in [-0.15, -0.1) is 0 Å². The van der Waals surface area contributed by atoms with Gasteiger partial charge in [-0.1, -0.05) is 17.7 Å². The molecule has 0 radical (unpaired) electrons. The van der Waals surface area contributed by atoms with Gasteiger partial charge in [0.2, 0.25) is 0 Å². The Bertz CT molecular complexity index is 770. The van der Waals surface area contributed by atoms with Crippen molar-refractivity contribution < 1.29 is 14.4 Å². The summed E-state index contributed by atoms with van der Waals surface area (Å²) in [4.78, 5) is 35.0. The molecule has 118 valence electrons. The second-order valence-electron chi connectivity index (χ2n) is 5.00. The van der Waals surface area contributed by atoms with Gasteiger partial charge < -0.3 is 10.6 Å². The van der Waals surface area contributed by atoms with Crippen LogP contribution in [0.15, 0.2) is 42.5 Å². The summed E-state index contributed by atoms with van der Waals surface area (Å²) in [6, 6.07) is 11.3. The van der Waals surface area contributed by atoms with E-state index in [4.69, 9.17) is 11.6 Å². The lowest BCUT2D eigenvalue weighted by molar-refractivity contribution is -0.133. The van der Waals surface area contributed by atoms with Crippen LogP contribution >= 0.6 is 11.6 Å². The Labute approximate surface area is 138 Å². The van der Waals surface area contributed by atoms with Crippen molar-refractivity contribution in [2.75, 3.05) is 10.6 Å². The van der Waals surface area contributed by atoms with Gasteiger partial charge in [0.25, 0.3) is 0 Å². The minimum Gasteiger partial charge on any atom is -0.318 e. The molecule has 2 aromatic rings. The molecule has 5 nitrogen and oxygen atoms in total. The van der Waals surface area contributed by atoms with Crippen molar-refractivity contribution in [3.05, 3.63) is 58.6 Å². The first-order chi connectivity index (χ1) is 10.9. The van der Waals surface area contributed by atoms with E-state index in [0.29, 0.717) is 22.0 Å². The number of Topliss-reactive ketones (excluding diaryl/α,β-unsaturated/α-hetero) is 1. The number of carbonyl (C=O) groups is 3. The van der Waals surface area contributed by atoms with E-state index < -0.39 is 11.8 Å². The smallest absolute Gasteiger partial charge is 0.314 e. The molecule has 0 unspecified atom stereocenters. The van der Waals surface area contributed by atoms with E-state index in [9.17, 15) is 14.4 Å². The van der Waals surface area contributed by atoms with Crippen LogP contribution in [0.3, 0.4) is 0 Å². The number of benzene rings is 2. The molecule has 0 aliphatic heterocycles. The van der Waals surface area contributed by atoms with Crippen molar-refractivity contribution in [1.29, 1.82) is 0 Å². The maximum absolute atomic E-state index is 11.9. The van der Waals surface area contributed by atoms with Crippen molar-refractivity contribution in [3.63, 3.8) is 0 Å². The van der Waals surface area contributed by atoms with Gasteiger partial charge in [0.05, 0.1) is 0 Å². The number of hydrogen-bond donors (Lipinski definition) is 2. The molecular formula is C17H15ClN2O3. The van der Waals surface area contributed by atoms with Crippen LogP contribution < -0.4 is 10.6 Å². The average molecular weight is 331 g/mol. The molecule has 0 saturated carbocycles. The molecule has 0 aliphatic rings. The number of amides is 2. The molecule has 0 bridgehead atoms. The number of anilines is 2. The van der Waals surface area contributed by atoms with Crippen molar-refractivity contribution >= 4 is 40.6 Å². The predicted molar refractivity (Wildman–Crippen MR) is 89.9 cm³/mol. The third-order valence-electron chi connectivity index (χ3n) is 3.20. The van der Waals surface area contributed by atoms with E-state index in [1.54, 1.807) is 49.4 Å². The molecule has 0 fully saturated rings. The van der Waals surface area contributed by atoms with Gasteiger partial charge in [-0.25, -0.2) is 0 Å². The highest BCUT2D eigenvalue weighted by Crippen LogP contribution is 2.20. The van der Waals surface area contributed by atoms with Gasteiger partial charge in [0, 0.05) is 22.0 Å². The zero-order chi connectivity index (χ0) is 17.0. The fourth-order valence-corrected chi connectivity index (χ4v) is 2.06. The Morgan fingerprint density at radius 3 is 2.13 bits per heavy atom. The Balaban J connectivity index is 2.03. The van der Waals surface area contributed by atoms with Crippen LogP contribution in [-0.4, -0.2) is 17.6 Å². The average Bonchev–Trinajstić information content (AvgIpc) is 2.51. The number of aryl methyl sites for hydroxylation is 1. The molecule has 2 N–H and O–H groups in total. The maximum atomic E-state index is 11.9. The summed E-state index contributed by atoms with van der Waals surface area (Å²) in [6.07, 6.45) is 0. The summed E-state index contributed by atoms with van der Waals surface area (Å²) in [7, 11) is 0. The standard InChI is InChI=1S/C17H15ClN2O3/c1-10-3-6-13(18)9-15(10)20-17(23)16(22)19-14-7-4-12(5-8-14)11(2)21/h3-9H,1-2H3,(H,19,22)(H,20,23). The van der Waals surface area contributed by atoms with E-state index in [-0.39, 0.29) is 5.78 Å². The quantitative estimate of drug-likeness (QED) is 0.668. The monoisotopic (exact) mass is 330 g/mol. The first-order valence-electron chi connectivity index (χ1n) is 6.86. The molecule has 0 saturated heterocycles. The largest absolute Gasteiger partial charge is 0.318 e. The first-order valence-corrected chi connectivity index (χ1v) is 7.24. The molecule has 0 aliphatic carbocycles. The lowest BCUT2D eigenvalue weighted by atomic mass is 10.1. The first kappa shape index (κ1) is 16.7. The van der Waals surface area contributed by atoms with Crippen LogP contribution in [0.2, 0.25) is 5.02 Å². The Hall–Kier alpha value is -2.66. The molecular weight excluding hydrogens is 316 g/mol. The highest BCUT2D eigenvalue weighted by atomic mass is 35.5. The van der Waals surface area contributed by atoms with Crippen LogP contribution in [0.1, 0.15) is 22.8 Å². The number of carbonyl (C=O) groups excluding carboxylic acids is 3. The Kier molecular flexibility index (Phi) is 5.13. The number of nitrogens with one attached hydrogen (secondary N) is 2. The molecule has 2 rings (SSSR count). The highest BCUT2D eigenvalue weighted by Gasteiger charge is 2.15. The third-order valence-corrected chi connectivity index (χ3v) is 3.44. The van der Waals surface area contributed by atoms with Gasteiger partial charge in [-0.3, -0.25) is 14.4 Å². The second-order valence-corrected chi connectivity index (χ2v) is 5.44. The van der Waals surface area contributed by atoms with Crippen LogP contribution in [0.5, 0.6) is 0 Å². The molecule has 6 heteroatoms. The number of ketones is 1. The van der Waals surface area contributed by atoms with Gasteiger partial charge >= 0.3 is 11.8 Å². The number of hydrogen-bond acceptors (Lipinski definition) is 3. The molecule has 23 heavy (non-hydrogen) atoms. The third kappa shape index (κ3) is 4.40. The van der Waals surface area contributed by atoms with Crippen molar-refractivity contribution in [3.8, 4) is 0 Å². The molecule has 2 amide bonds. The summed E-state index contributed by atoms with van der Waals surface area (Å²) < 4.78 is 0. The summed E-state index contributed by atoms with van der Waals surface area (Å²) in [6.45, 7) is 3.25. The maximum Gasteiger partial charge on any atom is 0.314 e. The van der Waals surface area contributed by atoms with Gasteiger partial charge in [0.15, 0.2) is 5.78 Å². The number of rotatable bonds is 3. The predicted octanol–water partition coefficient (Wildman–Crippen LogP) is 3.43. The lowest BCUT2D eigenvalue weighted by Gasteiger charge is -2.09. The molecule has 0 heterocycles. The fourth-order valence-electron chi connectivity index (χ4n) is 1.88. The van der Waals surface area contributed by atoms with E-state index in [1.807, 2.05) is 0 Å². The van der Waals surface area contributed by atoms with Gasteiger partial charge in [-0.2, -0.15) is 0 Å². The van der Waals surface area contributed by atoms with E-state index in [1.165, 1.54) is 6.92 Å². The SMILES string of the molecule is CC(=O)c1ccc(NC(=O)C(=O)Nc2cc(Cl)ccc2C)cc1. The topological polar surface area (TPSA) is 75.3 Å². The molecule has 0 aromatic heterocycles. The van der Waals surface area contributed by atoms with Crippen LogP contribution in [0.25, 0.3) is 0 Å². The van der Waals surface area contributed by atoms with Crippen LogP contribution in [-0.2, 0) is 9.59 Å². The summed E-state index contributed by atoms with van der Waals surface area (Å²) in [5, 5.41) is 5.44. The normalized spacial score (nSPS) is 10.0. The van der Waals surface area contributed by atoms with Crippen molar-refractivity contribution in [1.82, 2.24) is 0 Å². The summed E-state index contributed by atoms with van der Waals surface area (Å²) in [5.41, 5.74) is 2.23. The van der Waals surface area contributed by atoms with Crippen LogP contribution in [0, 0.1) is 6.92 Å². The molecule has 0 atom stereocenters. The van der Waals surface area contributed by atoms with Gasteiger partial charge in [0.1, 0.15) is 0 Å². The zero-order valence-electron chi connectivity index (χ0n) is 12.6. The minimum atomic E-state index is -0.806. The van der Waals surface area contributed by atoms with Crippen LogP contribution in [0.4, 0.5) is 11.4 Å². The van der Waals surface area contributed by atoms with Crippen molar-refractivity contribution in [2.24, 2.45) is 0 Å². The van der Waals surface area contributed by atoms with E-state index in [0.717, 1.165) is 5.56 Å². The Morgan fingerprint density at radius 2 is 1.52 bits per heavy atom. The summed E-state index contributed by atoms with van der Waals surface area (Å²) >= 11 is 5.87. The number of halogens is 1. The zero-order valence-corrected chi connectivity index (χ0v) is 13.4. The lowest BCUT2D eigenvalue weighted by Crippen LogP contribution is -2.29. The summed E-state index contributed by atoms with van der Waals surface area (Å²) in [5.74, 6) is -1.68. The van der Waals surface area contributed by atoms with E-state index >= 15 is 0 Å². The van der Waals surface area contributed by atoms with Crippen molar-refractivity contribution in [2.45, 2.75) is 13.8 Å². The highest BCUT2D eigenvalue weighted by molar-refractivity contribution is 6.43. The molecule has 2 aromatic carbocycles. The van der Waals surface area contributed by atoms with E-state index in [2.05, 4.69) is 10.6 Å². The Morgan fingerprint density at radius 1 is 0.913 bits per heavy atom. The fraction of sp³-hybridized carbons (Fsp3) is 0.118. The van der Waals surface area contributed by atoms with Gasteiger partial charge in [-0.05, 0) is 55.8 Å². The second kappa shape index (κ2) is 7.07. The minimum absolute atomic E-state index is 0.0722. The molecule has 0 spiro atoms.